The van der Waals surface area contributed by atoms with Gasteiger partial charge in [-0.05, 0) is 31.0 Å². The van der Waals surface area contributed by atoms with Gasteiger partial charge in [0.05, 0.1) is 23.2 Å². The molecule has 1 aliphatic rings. The van der Waals surface area contributed by atoms with Crippen LogP contribution in [0.1, 0.15) is 30.1 Å². The summed E-state index contributed by atoms with van der Waals surface area (Å²) in [6.45, 7) is 0.518. The van der Waals surface area contributed by atoms with E-state index >= 15 is 0 Å². The minimum Gasteiger partial charge on any atom is -0.341 e. The largest absolute Gasteiger partial charge is 0.341 e. The van der Waals surface area contributed by atoms with Gasteiger partial charge in [0.2, 0.25) is 5.91 Å². The number of rotatable bonds is 7. The van der Waals surface area contributed by atoms with Gasteiger partial charge in [0.1, 0.15) is 10.9 Å². The van der Waals surface area contributed by atoms with Crippen molar-refractivity contribution in [1.82, 2.24) is 24.6 Å². The molecule has 2 heterocycles. The van der Waals surface area contributed by atoms with E-state index in [-0.39, 0.29) is 5.91 Å². The van der Waals surface area contributed by atoms with Crippen LogP contribution in [0.4, 0.5) is 0 Å². The maximum atomic E-state index is 12.8. The van der Waals surface area contributed by atoms with Crippen molar-refractivity contribution in [1.29, 1.82) is 0 Å². The minimum absolute atomic E-state index is 0.0631. The number of hydrogen-bond donors (Lipinski definition) is 0. The number of thioether (sulfide) groups is 1. The van der Waals surface area contributed by atoms with Crippen molar-refractivity contribution in [2.24, 2.45) is 0 Å². The number of aromatic nitrogens is 4. The molecule has 1 aliphatic carbocycles. The summed E-state index contributed by atoms with van der Waals surface area (Å²) >= 11 is 1.50. The second kappa shape index (κ2) is 8.51. The number of nitrogens with zero attached hydrogens (tertiary/aromatic N) is 5. The highest BCUT2D eigenvalue weighted by Gasteiger charge is 2.27. The summed E-state index contributed by atoms with van der Waals surface area (Å²) < 4.78 is 1.83. The molecule has 4 aromatic rings. The summed E-state index contributed by atoms with van der Waals surface area (Å²) in [5, 5.41) is 6.32. The van der Waals surface area contributed by atoms with Crippen LogP contribution < -0.4 is 0 Å². The minimum atomic E-state index is 0.0631. The molecule has 0 spiro atoms. The molecule has 31 heavy (non-hydrogen) atoms. The van der Waals surface area contributed by atoms with Crippen LogP contribution in [0.5, 0.6) is 0 Å². The number of hydrogen-bond acceptors (Lipinski definition) is 5. The van der Waals surface area contributed by atoms with E-state index in [4.69, 9.17) is 9.97 Å². The summed E-state index contributed by atoms with van der Waals surface area (Å²) in [5.41, 5.74) is 2.95. The molecule has 0 N–H and O–H groups in total. The average Bonchev–Trinajstić information content (AvgIpc) is 3.56. The molecular formula is C24H23N5OS. The van der Waals surface area contributed by atoms with E-state index in [0.717, 1.165) is 45.8 Å². The van der Waals surface area contributed by atoms with Crippen molar-refractivity contribution >= 4 is 28.6 Å². The first kappa shape index (κ1) is 19.8. The smallest absolute Gasteiger partial charge is 0.233 e. The van der Waals surface area contributed by atoms with Crippen LogP contribution in [0, 0.1) is 0 Å². The predicted octanol–water partition coefficient (Wildman–Crippen LogP) is 4.44. The van der Waals surface area contributed by atoms with Crippen LogP contribution >= 0.6 is 11.8 Å². The zero-order chi connectivity index (χ0) is 21.2. The lowest BCUT2D eigenvalue weighted by Gasteiger charge is -2.16. The molecule has 1 fully saturated rings. The molecular weight excluding hydrogens is 406 g/mol. The number of amides is 1. The van der Waals surface area contributed by atoms with Gasteiger partial charge in [-0.15, -0.1) is 0 Å². The van der Waals surface area contributed by atoms with Crippen molar-refractivity contribution in [3.63, 3.8) is 0 Å². The Morgan fingerprint density at radius 3 is 2.68 bits per heavy atom. The third kappa shape index (κ3) is 4.46. The van der Waals surface area contributed by atoms with Gasteiger partial charge >= 0.3 is 0 Å². The van der Waals surface area contributed by atoms with Gasteiger partial charge in [-0.25, -0.2) is 14.6 Å². The van der Waals surface area contributed by atoms with Gasteiger partial charge in [0.15, 0.2) is 0 Å². The third-order valence-corrected chi connectivity index (χ3v) is 6.34. The summed E-state index contributed by atoms with van der Waals surface area (Å²) in [5.74, 6) is 1.79. The fraction of sp³-hybridized carbons (Fsp3) is 0.250. The van der Waals surface area contributed by atoms with E-state index in [0.29, 0.717) is 18.2 Å². The Labute approximate surface area is 185 Å². The Morgan fingerprint density at radius 2 is 1.87 bits per heavy atom. The number of carbonyl (C=O) groups excluding carboxylic acids is 1. The van der Waals surface area contributed by atoms with Crippen LogP contribution in [-0.4, -0.2) is 43.4 Å². The van der Waals surface area contributed by atoms with Gasteiger partial charge < -0.3 is 4.90 Å². The van der Waals surface area contributed by atoms with E-state index in [1.165, 1.54) is 11.8 Å². The first-order valence-electron chi connectivity index (χ1n) is 10.4. The summed E-state index contributed by atoms with van der Waals surface area (Å²) in [6.07, 6.45) is 6.08. The number of carbonyl (C=O) groups is 1. The van der Waals surface area contributed by atoms with Crippen molar-refractivity contribution in [3.8, 4) is 5.69 Å². The molecule has 0 radical (unpaired) electrons. The summed E-state index contributed by atoms with van der Waals surface area (Å²) in [7, 11) is 1.83. The fourth-order valence-corrected chi connectivity index (χ4v) is 4.43. The standard InChI is InChI=1S/C24H23N5OS/c1-28(14-17-13-25-29(15-17)19-7-3-2-4-8-19)22(30)16-31-24-20-9-5-6-10-21(20)26-23(27-24)18-11-12-18/h2-10,13,15,18H,11-12,14,16H2,1H3. The van der Waals surface area contributed by atoms with Crippen LogP contribution in [0.2, 0.25) is 0 Å². The Bertz CT molecular complexity index is 1220. The van der Waals surface area contributed by atoms with E-state index in [2.05, 4.69) is 5.10 Å². The van der Waals surface area contributed by atoms with Gasteiger partial charge in [0.25, 0.3) is 0 Å². The Kier molecular flexibility index (Phi) is 5.42. The lowest BCUT2D eigenvalue weighted by Crippen LogP contribution is -2.27. The molecule has 0 unspecified atom stereocenters. The molecule has 7 heteroatoms. The zero-order valence-electron chi connectivity index (χ0n) is 17.3. The quantitative estimate of drug-likeness (QED) is 0.321. The molecule has 1 amide bonds. The van der Waals surface area contributed by atoms with Crippen LogP contribution in [0.3, 0.4) is 0 Å². The van der Waals surface area contributed by atoms with Crippen molar-refractivity contribution in [2.75, 3.05) is 12.8 Å². The lowest BCUT2D eigenvalue weighted by molar-refractivity contribution is -0.127. The Morgan fingerprint density at radius 1 is 1.10 bits per heavy atom. The van der Waals surface area contributed by atoms with Crippen LogP contribution in [-0.2, 0) is 11.3 Å². The van der Waals surface area contributed by atoms with Gasteiger partial charge in [-0.2, -0.15) is 5.10 Å². The Balaban J connectivity index is 1.25. The van der Waals surface area contributed by atoms with Gasteiger partial charge in [-0.1, -0.05) is 48.2 Å². The second-order valence-electron chi connectivity index (χ2n) is 7.85. The van der Waals surface area contributed by atoms with E-state index in [9.17, 15) is 4.79 Å². The molecule has 0 saturated heterocycles. The molecule has 0 bridgehead atoms. The maximum Gasteiger partial charge on any atom is 0.233 e. The van der Waals surface area contributed by atoms with Gasteiger partial charge in [-0.3, -0.25) is 4.79 Å². The molecule has 1 saturated carbocycles. The van der Waals surface area contributed by atoms with Crippen LogP contribution in [0.15, 0.2) is 72.0 Å². The van der Waals surface area contributed by atoms with Crippen LogP contribution in [0.25, 0.3) is 16.6 Å². The number of fused-ring (bicyclic) bond motifs is 1. The number of para-hydroxylation sites is 2. The SMILES string of the molecule is CN(Cc1cnn(-c2ccccc2)c1)C(=O)CSc1nc(C2CC2)nc2ccccc12. The molecule has 2 aromatic carbocycles. The highest BCUT2D eigenvalue weighted by Crippen LogP contribution is 2.39. The lowest BCUT2D eigenvalue weighted by atomic mass is 10.2. The highest BCUT2D eigenvalue weighted by molar-refractivity contribution is 8.00. The zero-order valence-corrected chi connectivity index (χ0v) is 18.1. The molecule has 0 aliphatic heterocycles. The van der Waals surface area contributed by atoms with Crippen molar-refractivity contribution in [3.05, 3.63) is 78.4 Å². The molecule has 156 valence electrons. The van der Waals surface area contributed by atoms with E-state index in [1.54, 1.807) is 4.90 Å². The normalized spacial score (nSPS) is 13.5. The molecule has 5 rings (SSSR count). The second-order valence-corrected chi connectivity index (χ2v) is 8.81. The van der Waals surface area contributed by atoms with Crippen molar-refractivity contribution < 1.29 is 4.79 Å². The first-order valence-corrected chi connectivity index (χ1v) is 11.4. The third-order valence-electron chi connectivity index (χ3n) is 5.36. The van der Waals surface area contributed by atoms with Crippen molar-refractivity contribution in [2.45, 2.75) is 30.3 Å². The summed E-state index contributed by atoms with van der Waals surface area (Å²) in [6, 6.07) is 18.0. The highest BCUT2D eigenvalue weighted by atomic mass is 32.2. The van der Waals surface area contributed by atoms with Gasteiger partial charge in [0, 0.05) is 36.7 Å². The summed E-state index contributed by atoms with van der Waals surface area (Å²) in [4.78, 5) is 24.0. The average molecular weight is 430 g/mol. The first-order chi connectivity index (χ1) is 15.2. The fourth-order valence-electron chi connectivity index (χ4n) is 3.46. The van der Waals surface area contributed by atoms with E-state index < -0.39 is 0 Å². The predicted molar refractivity (Wildman–Crippen MR) is 122 cm³/mol. The van der Waals surface area contributed by atoms with E-state index in [1.807, 2.05) is 78.7 Å². The molecule has 6 nitrogen and oxygen atoms in total. The monoisotopic (exact) mass is 429 g/mol. The maximum absolute atomic E-state index is 12.8. The number of benzene rings is 2. The molecule has 2 aromatic heterocycles. The Hall–Kier alpha value is -3.19. The topological polar surface area (TPSA) is 63.9 Å². The molecule has 0 atom stereocenters.